The highest BCUT2D eigenvalue weighted by atomic mass is 32.1. The van der Waals surface area contributed by atoms with Crippen molar-refractivity contribution in [2.24, 2.45) is 5.73 Å². The number of rotatable bonds is 3. The maximum atomic E-state index is 11.8. The van der Waals surface area contributed by atoms with Gasteiger partial charge < -0.3 is 16.4 Å². The molecule has 2 amide bonds. The molecule has 4 nitrogen and oxygen atoms in total. The first kappa shape index (κ1) is 15.1. The molecule has 0 aliphatic carbocycles. The molecule has 21 heavy (non-hydrogen) atoms. The number of nitrogens with one attached hydrogen (secondary N) is 2. The monoisotopic (exact) mass is 299 g/mol. The van der Waals surface area contributed by atoms with Crippen molar-refractivity contribution in [1.29, 1.82) is 0 Å². The molecule has 0 unspecified atom stereocenters. The maximum absolute atomic E-state index is 11.8. The summed E-state index contributed by atoms with van der Waals surface area (Å²) in [4.78, 5) is 12.9. The minimum atomic E-state index is -0.231. The van der Waals surface area contributed by atoms with Crippen molar-refractivity contribution < 1.29 is 4.79 Å². The summed E-state index contributed by atoms with van der Waals surface area (Å²) < 4.78 is 0. The van der Waals surface area contributed by atoms with Crippen LogP contribution in [-0.2, 0) is 6.54 Å². The Morgan fingerprint density at radius 2 is 2.05 bits per heavy atom. The lowest BCUT2D eigenvalue weighted by Crippen LogP contribution is -2.28. The van der Waals surface area contributed by atoms with Gasteiger partial charge in [0.25, 0.3) is 0 Å². The second-order valence-corrected chi connectivity index (χ2v) is 5.44. The zero-order valence-corrected chi connectivity index (χ0v) is 12.6. The van der Waals surface area contributed by atoms with Crippen LogP contribution in [0.25, 0.3) is 0 Å². The van der Waals surface area contributed by atoms with Crippen LogP contribution >= 0.6 is 11.3 Å². The zero-order chi connectivity index (χ0) is 15.1. The van der Waals surface area contributed by atoms with Crippen LogP contribution in [0.1, 0.15) is 16.0 Å². The van der Waals surface area contributed by atoms with Gasteiger partial charge in [-0.3, -0.25) is 0 Å². The Labute approximate surface area is 128 Å². The number of hydrogen-bond acceptors (Lipinski definition) is 3. The highest BCUT2D eigenvalue weighted by Crippen LogP contribution is 2.15. The molecule has 4 N–H and O–H groups in total. The van der Waals surface area contributed by atoms with Gasteiger partial charge in [-0.15, -0.1) is 11.3 Å². The molecule has 1 aromatic heterocycles. The van der Waals surface area contributed by atoms with Crippen LogP contribution in [0.15, 0.2) is 35.7 Å². The van der Waals surface area contributed by atoms with Gasteiger partial charge in [-0.1, -0.05) is 29.5 Å². The highest BCUT2D eigenvalue weighted by Gasteiger charge is 2.05. The molecule has 0 fully saturated rings. The Bertz CT molecular complexity index is 665. The lowest BCUT2D eigenvalue weighted by atomic mass is 10.2. The summed E-state index contributed by atoms with van der Waals surface area (Å²) in [7, 11) is 0. The standard InChI is InChI=1S/C16H17N3OS/c1-12-4-6-14(7-5-12)19-16(20)18-11-15-13(3-2-9-17)8-10-21-15/h4-8,10H,9,11,17H2,1H3,(H2,18,19,20). The van der Waals surface area contributed by atoms with Gasteiger partial charge in [-0.25, -0.2) is 4.79 Å². The summed E-state index contributed by atoms with van der Waals surface area (Å²) in [5.41, 5.74) is 8.21. The Kier molecular flexibility index (Phi) is 5.38. The molecule has 0 radical (unpaired) electrons. The lowest BCUT2D eigenvalue weighted by Gasteiger charge is -2.07. The van der Waals surface area contributed by atoms with E-state index >= 15 is 0 Å². The molecule has 0 aliphatic rings. The Morgan fingerprint density at radius 1 is 1.29 bits per heavy atom. The molecule has 0 atom stereocenters. The highest BCUT2D eigenvalue weighted by molar-refractivity contribution is 7.10. The van der Waals surface area contributed by atoms with E-state index in [1.54, 1.807) is 11.3 Å². The number of thiophene rings is 1. The SMILES string of the molecule is Cc1ccc(NC(=O)NCc2sccc2C#CCN)cc1. The van der Waals surface area contributed by atoms with E-state index in [-0.39, 0.29) is 6.03 Å². The van der Waals surface area contributed by atoms with Crippen molar-refractivity contribution in [2.45, 2.75) is 13.5 Å². The molecule has 1 aromatic carbocycles. The summed E-state index contributed by atoms with van der Waals surface area (Å²) >= 11 is 1.56. The molecule has 0 saturated carbocycles. The number of benzene rings is 1. The van der Waals surface area contributed by atoms with Crippen molar-refractivity contribution in [3.63, 3.8) is 0 Å². The lowest BCUT2D eigenvalue weighted by molar-refractivity contribution is 0.252. The smallest absolute Gasteiger partial charge is 0.319 e. The van der Waals surface area contributed by atoms with Crippen LogP contribution in [0.3, 0.4) is 0 Å². The number of carbonyl (C=O) groups is 1. The maximum Gasteiger partial charge on any atom is 0.319 e. The molecule has 2 rings (SSSR count). The molecule has 108 valence electrons. The minimum Gasteiger partial charge on any atom is -0.333 e. The molecule has 2 aromatic rings. The molecule has 0 aliphatic heterocycles. The zero-order valence-electron chi connectivity index (χ0n) is 11.8. The third-order valence-corrected chi connectivity index (χ3v) is 3.71. The Morgan fingerprint density at radius 3 is 2.76 bits per heavy atom. The van der Waals surface area contributed by atoms with E-state index in [0.29, 0.717) is 13.1 Å². The van der Waals surface area contributed by atoms with E-state index in [1.807, 2.05) is 42.6 Å². The average Bonchev–Trinajstić information content (AvgIpc) is 2.93. The number of aryl methyl sites for hydroxylation is 1. The quantitative estimate of drug-likeness (QED) is 0.763. The third-order valence-electron chi connectivity index (χ3n) is 2.79. The first-order valence-electron chi connectivity index (χ1n) is 6.56. The van der Waals surface area contributed by atoms with E-state index in [1.165, 1.54) is 0 Å². The summed E-state index contributed by atoms with van der Waals surface area (Å²) in [5, 5.41) is 7.57. The number of amides is 2. The molecule has 1 heterocycles. The molecule has 5 heteroatoms. The number of anilines is 1. The second kappa shape index (κ2) is 7.48. The van der Waals surface area contributed by atoms with E-state index in [9.17, 15) is 4.79 Å². The predicted octanol–water partition coefficient (Wildman–Crippen LogP) is 2.69. The van der Waals surface area contributed by atoms with Crippen LogP contribution in [0.4, 0.5) is 10.5 Å². The van der Waals surface area contributed by atoms with Gasteiger partial charge in [0.2, 0.25) is 0 Å². The van der Waals surface area contributed by atoms with Gasteiger partial charge in [-0.2, -0.15) is 0 Å². The van der Waals surface area contributed by atoms with Crippen LogP contribution in [0.2, 0.25) is 0 Å². The van der Waals surface area contributed by atoms with Crippen molar-refractivity contribution in [3.8, 4) is 11.8 Å². The molecular weight excluding hydrogens is 282 g/mol. The number of hydrogen-bond donors (Lipinski definition) is 3. The van der Waals surface area contributed by atoms with Crippen molar-refractivity contribution in [1.82, 2.24) is 5.32 Å². The van der Waals surface area contributed by atoms with Crippen LogP contribution in [0.5, 0.6) is 0 Å². The van der Waals surface area contributed by atoms with E-state index in [2.05, 4.69) is 22.5 Å². The number of urea groups is 1. The van der Waals surface area contributed by atoms with E-state index in [4.69, 9.17) is 5.73 Å². The summed E-state index contributed by atoms with van der Waals surface area (Å²) in [5.74, 6) is 5.82. The number of carbonyl (C=O) groups excluding carboxylic acids is 1. The van der Waals surface area contributed by atoms with Crippen LogP contribution in [-0.4, -0.2) is 12.6 Å². The largest absolute Gasteiger partial charge is 0.333 e. The molecule has 0 saturated heterocycles. The fourth-order valence-corrected chi connectivity index (χ4v) is 2.48. The molecule has 0 bridgehead atoms. The normalized spacial score (nSPS) is 9.62. The average molecular weight is 299 g/mol. The van der Waals surface area contributed by atoms with E-state index in [0.717, 1.165) is 21.7 Å². The second-order valence-electron chi connectivity index (χ2n) is 4.44. The first-order valence-corrected chi connectivity index (χ1v) is 7.44. The molecule has 0 spiro atoms. The van der Waals surface area contributed by atoms with Crippen LogP contribution < -0.4 is 16.4 Å². The van der Waals surface area contributed by atoms with Crippen molar-refractivity contribution >= 4 is 23.1 Å². The van der Waals surface area contributed by atoms with Gasteiger partial charge >= 0.3 is 6.03 Å². The number of nitrogens with two attached hydrogens (primary N) is 1. The predicted molar refractivity (Wildman–Crippen MR) is 87.3 cm³/mol. The summed E-state index contributed by atoms with van der Waals surface area (Å²) in [6, 6.07) is 9.36. The van der Waals surface area contributed by atoms with Gasteiger partial charge in [0.1, 0.15) is 0 Å². The Balaban J connectivity index is 1.89. The van der Waals surface area contributed by atoms with Gasteiger partial charge in [0, 0.05) is 16.1 Å². The van der Waals surface area contributed by atoms with Gasteiger partial charge in [-0.05, 0) is 30.5 Å². The topological polar surface area (TPSA) is 67.2 Å². The summed E-state index contributed by atoms with van der Waals surface area (Å²) in [6.45, 7) is 2.78. The molecular formula is C16H17N3OS. The summed E-state index contributed by atoms with van der Waals surface area (Å²) in [6.07, 6.45) is 0. The first-order chi connectivity index (χ1) is 10.2. The van der Waals surface area contributed by atoms with Crippen molar-refractivity contribution in [3.05, 3.63) is 51.7 Å². The van der Waals surface area contributed by atoms with Gasteiger partial charge in [0.15, 0.2) is 0 Å². The fourth-order valence-electron chi connectivity index (χ4n) is 1.71. The van der Waals surface area contributed by atoms with Crippen LogP contribution in [0, 0.1) is 18.8 Å². The van der Waals surface area contributed by atoms with Crippen molar-refractivity contribution in [2.75, 3.05) is 11.9 Å². The fraction of sp³-hybridized carbons (Fsp3) is 0.188. The minimum absolute atomic E-state index is 0.231. The third kappa shape index (κ3) is 4.63. The van der Waals surface area contributed by atoms with Gasteiger partial charge in [0.05, 0.1) is 13.1 Å². The Hall–Kier alpha value is -2.29. The van der Waals surface area contributed by atoms with E-state index < -0.39 is 0 Å².